The Labute approximate surface area is 130 Å². The number of benzene rings is 1. The number of methoxy groups -OCH3 is 1. The highest BCUT2D eigenvalue weighted by atomic mass is 79.9. The summed E-state index contributed by atoms with van der Waals surface area (Å²) in [7, 11) is 1.62. The first-order chi connectivity index (χ1) is 9.76. The quantitative estimate of drug-likeness (QED) is 0.818. The topological polar surface area (TPSA) is 56.3 Å². The normalized spacial score (nSPS) is 10.3. The molecule has 0 amide bonds. The van der Waals surface area contributed by atoms with Crippen LogP contribution in [0.15, 0.2) is 22.7 Å². The largest absolute Gasteiger partial charge is 0.493 e. The van der Waals surface area contributed by atoms with Gasteiger partial charge in [-0.1, -0.05) is 17.5 Å². The molecular formula is C13H16BrN3O2S. The van der Waals surface area contributed by atoms with Crippen molar-refractivity contribution in [2.24, 2.45) is 0 Å². The number of hydrogen-bond acceptors (Lipinski definition) is 6. The van der Waals surface area contributed by atoms with Crippen LogP contribution in [0.3, 0.4) is 0 Å². The molecule has 7 heteroatoms. The summed E-state index contributed by atoms with van der Waals surface area (Å²) in [5.41, 5.74) is 0.807. The molecular weight excluding hydrogens is 342 g/mol. The van der Waals surface area contributed by atoms with E-state index in [0.717, 1.165) is 28.1 Å². The molecule has 5 nitrogen and oxygen atoms in total. The van der Waals surface area contributed by atoms with E-state index in [0.29, 0.717) is 18.1 Å². The lowest BCUT2D eigenvalue weighted by molar-refractivity contribution is 0.279. The third-order valence-electron chi connectivity index (χ3n) is 2.60. The van der Waals surface area contributed by atoms with Crippen LogP contribution >= 0.6 is 27.5 Å². The summed E-state index contributed by atoms with van der Waals surface area (Å²) in [5.74, 6) is 1.36. The summed E-state index contributed by atoms with van der Waals surface area (Å²) in [5, 5.41) is 8.34. The predicted molar refractivity (Wildman–Crippen MR) is 83.7 cm³/mol. The van der Waals surface area contributed by atoms with Crippen LogP contribution in [-0.2, 0) is 6.61 Å². The van der Waals surface area contributed by atoms with Crippen LogP contribution in [0.1, 0.15) is 19.0 Å². The maximum absolute atomic E-state index is 5.82. The van der Waals surface area contributed by atoms with Crippen molar-refractivity contribution in [3.63, 3.8) is 0 Å². The minimum absolute atomic E-state index is 0.349. The molecule has 1 aromatic carbocycles. The van der Waals surface area contributed by atoms with Crippen LogP contribution in [0.4, 0.5) is 5.00 Å². The fourth-order valence-electron chi connectivity index (χ4n) is 1.61. The number of halogens is 1. The van der Waals surface area contributed by atoms with Crippen molar-refractivity contribution < 1.29 is 9.47 Å². The molecule has 2 rings (SSSR count). The number of aromatic nitrogens is 2. The van der Waals surface area contributed by atoms with Gasteiger partial charge in [0.2, 0.25) is 0 Å². The molecule has 0 aliphatic heterocycles. The minimum atomic E-state index is 0.349. The number of hydrogen-bond donors (Lipinski definition) is 1. The lowest BCUT2D eigenvalue weighted by Crippen LogP contribution is -2.04. The molecule has 1 heterocycles. The summed E-state index contributed by atoms with van der Waals surface area (Å²) in [6.45, 7) is 3.36. The van der Waals surface area contributed by atoms with Crippen molar-refractivity contribution in [2.45, 2.75) is 20.0 Å². The zero-order valence-corrected chi connectivity index (χ0v) is 13.8. The Morgan fingerprint density at radius 2 is 2.25 bits per heavy atom. The molecule has 0 bridgehead atoms. The van der Waals surface area contributed by atoms with Gasteiger partial charge in [0, 0.05) is 18.1 Å². The van der Waals surface area contributed by atoms with Crippen LogP contribution in [0, 0.1) is 0 Å². The molecule has 1 aromatic heterocycles. The summed E-state index contributed by atoms with van der Waals surface area (Å²) < 4.78 is 15.9. The summed E-state index contributed by atoms with van der Waals surface area (Å²) in [4.78, 5) is 0. The molecule has 0 unspecified atom stereocenters. The van der Waals surface area contributed by atoms with E-state index in [4.69, 9.17) is 9.47 Å². The number of para-hydroxylation sites is 1. The van der Waals surface area contributed by atoms with Gasteiger partial charge in [0.05, 0.1) is 11.6 Å². The van der Waals surface area contributed by atoms with Gasteiger partial charge < -0.3 is 14.8 Å². The molecule has 0 radical (unpaired) electrons. The van der Waals surface area contributed by atoms with Crippen LogP contribution in [0.2, 0.25) is 0 Å². The van der Waals surface area contributed by atoms with E-state index in [-0.39, 0.29) is 0 Å². The minimum Gasteiger partial charge on any atom is -0.493 e. The summed E-state index contributed by atoms with van der Waals surface area (Å²) in [6.07, 6.45) is 1.05. The fraction of sp³-hybridized carbons (Fsp3) is 0.385. The van der Waals surface area contributed by atoms with Gasteiger partial charge in [-0.25, -0.2) is 0 Å². The Bertz CT molecular complexity index is 562. The lowest BCUT2D eigenvalue weighted by Gasteiger charge is -2.11. The van der Waals surface area contributed by atoms with Crippen LogP contribution in [0.5, 0.6) is 11.5 Å². The average molecular weight is 358 g/mol. The summed E-state index contributed by atoms with van der Waals surface area (Å²) >= 11 is 4.80. The van der Waals surface area contributed by atoms with Crippen LogP contribution in [0.25, 0.3) is 0 Å². The Hall–Kier alpha value is -1.34. The second-order valence-corrected chi connectivity index (χ2v) is 5.64. The van der Waals surface area contributed by atoms with Gasteiger partial charge in [0.15, 0.2) is 11.5 Å². The molecule has 0 atom stereocenters. The van der Waals surface area contributed by atoms with Gasteiger partial charge in [-0.15, -0.1) is 5.10 Å². The van der Waals surface area contributed by atoms with E-state index >= 15 is 0 Å². The molecule has 2 aromatic rings. The Balaban J connectivity index is 2.07. The van der Waals surface area contributed by atoms with E-state index < -0.39 is 0 Å². The second kappa shape index (κ2) is 7.44. The van der Waals surface area contributed by atoms with Gasteiger partial charge >= 0.3 is 0 Å². The van der Waals surface area contributed by atoms with Crippen LogP contribution < -0.4 is 14.8 Å². The Kier molecular flexibility index (Phi) is 5.60. The standard InChI is InChI=1S/C13H16BrN3O2S/c1-3-7-15-13-10(16-17-20-13)8-19-12-9(14)5-4-6-11(12)18-2/h4-6,15H,3,7-8H2,1-2H3. The van der Waals surface area contributed by atoms with E-state index in [1.807, 2.05) is 18.2 Å². The number of rotatable bonds is 7. The molecule has 108 valence electrons. The van der Waals surface area contributed by atoms with Crippen molar-refractivity contribution in [3.05, 3.63) is 28.4 Å². The molecule has 0 aliphatic carbocycles. The number of nitrogens with zero attached hydrogens (tertiary/aromatic N) is 2. The van der Waals surface area contributed by atoms with Gasteiger partial charge in [0.25, 0.3) is 0 Å². The van der Waals surface area contributed by atoms with E-state index in [1.54, 1.807) is 7.11 Å². The molecule has 1 N–H and O–H groups in total. The first kappa shape index (κ1) is 15.1. The van der Waals surface area contributed by atoms with E-state index in [1.165, 1.54) is 11.5 Å². The molecule has 20 heavy (non-hydrogen) atoms. The molecule has 0 saturated heterocycles. The van der Waals surface area contributed by atoms with Crippen molar-refractivity contribution in [1.82, 2.24) is 9.59 Å². The Morgan fingerprint density at radius 1 is 1.40 bits per heavy atom. The third kappa shape index (κ3) is 3.61. The van der Waals surface area contributed by atoms with Gasteiger partial charge in [-0.05, 0) is 34.5 Å². The maximum atomic E-state index is 5.82. The third-order valence-corrected chi connectivity index (χ3v) is 3.95. The Morgan fingerprint density at radius 3 is 3.00 bits per heavy atom. The molecule has 0 aliphatic rings. The number of anilines is 1. The highest BCUT2D eigenvalue weighted by Gasteiger charge is 2.12. The zero-order chi connectivity index (χ0) is 14.4. The van der Waals surface area contributed by atoms with Crippen molar-refractivity contribution in [3.8, 4) is 11.5 Å². The monoisotopic (exact) mass is 357 g/mol. The molecule has 0 saturated carbocycles. The molecule has 0 fully saturated rings. The smallest absolute Gasteiger partial charge is 0.175 e. The number of ether oxygens (including phenoxy) is 2. The summed E-state index contributed by atoms with van der Waals surface area (Å²) in [6, 6.07) is 5.66. The highest BCUT2D eigenvalue weighted by molar-refractivity contribution is 9.10. The van der Waals surface area contributed by atoms with Crippen molar-refractivity contribution in [1.29, 1.82) is 0 Å². The van der Waals surface area contributed by atoms with Crippen molar-refractivity contribution in [2.75, 3.05) is 19.0 Å². The SMILES string of the molecule is CCCNc1snnc1COc1c(Br)cccc1OC. The predicted octanol–water partition coefficient (Wildman–Crippen LogP) is 3.71. The van der Waals surface area contributed by atoms with E-state index in [9.17, 15) is 0 Å². The first-order valence-electron chi connectivity index (χ1n) is 6.26. The van der Waals surface area contributed by atoms with Crippen molar-refractivity contribution >= 4 is 32.5 Å². The van der Waals surface area contributed by atoms with Gasteiger partial charge in [-0.2, -0.15) is 0 Å². The maximum Gasteiger partial charge on any atom is 0.175 e. The van der Waals surface area contributed by atoms with Crippen LogP contribution in [-0.4, -0.2) is 23.2 Å². The fourth-order valence-corrected chi connectivity index (χ4v) is 2.66. The van der Waals surface area contributed by atoms with E-state index in [2.05, 4.69) is 37.8 Å². The number of nitrogens with one attached hydrogen (secondary N) is 1. The zero-order valence-electron chi connectivity index (χ0n) is 11.4. The molecule has 0 spiro atoms. The lowest BCUT2D eigenvalue weighted by atomic mass is 10.3. The van der Waals surface area contributed by atoms with Gasteiger partial charge in [-0.3, -0.25) is 0 Å². The second-order valence-electron chi connectivity index (χ2n) is 4.04. The van der Waals surface area contributed by atoms with Gasteiger partial charge in [0.1, 0.15) is 17.3 Å². The highest BCUT2D eigenvalue weighted by Crippen LogP contribution is 2.35. The average Bonchev–Trinajstić information content (AvgIpc) is 2.91. The first-order valence-corrected chi connectivity index (χ1v) is 7.83.